The molecular weight excluding hydrogens is 456 g/mol. The highest BCUT2D eigenvalue weighted by Crippen LogP contribution is 2.47. The van der Waals surface area contributed by atoms with Crippen molar-refractivity contribution in [1.29, 1.82) is 0 Å². The molecule has 0 unspecified atom stereocenters. The average molecular weight is 505 g/mol. The first-order valence-electron chi connectivity index (χ1n) is 14.1. The van der Waals surface area contributed by atoms with Crippen LogP contribution >= 0.6 is 0 Å². The second-order valence-corrected chi connectivity index (χ2v) is 13.0. The fraction of sp³-hybridized carbons (Fsp3) is 0.559. The Morgan fingerprint density at radius 3 is 2.22 bits per heavy atom. The summed E-state index contributed by atoms with van der Waals surface area (Å²) in [5, 5.41) is 0. The van der Waals surface area contributed by atoms with Gasteiger partial charge in [-0.05, 0) is 92.4 Å². The Bertz CT molecular complexity index is 1050. The van der Waals surface area contributed by atoms with Gasteiger partial charge >= 0.3 is 5.97 Å². The lowest BCUT2D eigenvalue weighted by atomic mass is 9.61. The van der Waals surface area contributed by atoms with Gasteiger partial charge in [-0.1, -0.05) is 83.2 Å². The Hall–Kier alpha value is -2.55. The maximum atomic E-state index is 12.9. The van der Waals surface area contributed by atoms with Crippen LogP contribution in [0.3, 0.4) is 0 Å². The molecule has 0 aliphatic heterocycles. The molecule has 1 aliphatic rings. The standard InChI is InChI=1S/C34H48O3/c1-32(2,3)25-33(4,5)34(6,7)31(35)37-23-13-9-12-22-36-30-21-15-19-28-24-27(18-14-20-29(28)30)26-16-10-8-11-17-26/h8,10-11,15-17,19,21,24H,9,12-14,18,20,22-23,25H2,1-7H3. The Morgan fingerprint density at radius 1 is 0.811 bits per heavy atom. The molecule has 37 heavy (non-hydrogen) atoms. The zero-order chi connectivity index (χ0) is 27.1. The van der Waals surface area contributed by atoms with E-state index in [4.69, 9.17) is 9.47 Å². The third kappa shape index (κ3) is 7.97. The van der Waals surface area contributed by atoms with Gasteiger partial charge in [0.1, 0.15) is 5.75 Å². The summed E-state index contributed by atoms with van der Waals surface area (Å²) in [6.45, 7) is 16.2. The number of ether oxygens (including phenoxy) is 2. The summed E-state index contributed by atoms with van der Waals surface area (Å²) in [6, 6.07) is 17.1. The molecule has 0 heterocycles. The number of fused-ring (bicyclic) bond motifs is 1. The smallest absolute Gasteiger partial charge is 0.312 e. The molecule has 202 valence electrons. The van der Waals surface area contributed by atoms with E-state index in [2.05, 4.69) is 89.2 Å². The highest BCUT2D eigenvalue weighted by atomic mass is 16.5. The van der Waals surface area contributed by atoms with Gasteiger partial charge in [-0.25, -0.2) is 0 Å². The number of unbranched alkanes of at least 4 members (excludes halogenated alkanes) is 2. The van der Waals surface area contributed by atoms with E-state index >= 15 is 0 Å². The third-order valence-electron chi connectivity index (χ3n) is 7.97. The zero-order valence-corrected chi connectivity index (χ0v) is 24.3. The Labute approximate surface area is 225 Å². The number of allylic oxidation sites excluding steroid dienone is 1. The lowest BCUT2D eigenvalue weighted by Crippen LogP contribution is -2.43. The van der Waals surface area contributed by atoms with Gasteiger partial charge in [-0.15, -0.1) is 0 Å². The van der Waals surface area contributed by atoms with Crippen molar-refractivity contribution in [3.8, 4) is 5.75 Å². The maximum absolute atomic E-state index is 12.9. The lowest BCUT2D eigenvalue weighted by molar-refractivity contribution is -0.162. The van der Waals surface area contributed by atoms with Crippen LogP contribution in [0.4, 0.5) is 0 Å². The van der Waals surface area contributed by atoms with Crippen molar-refractivity contribution >= 4 is 17.6 Å². The summed E-state index contributed by atoms with van der Waals surface area (Å²) in [4.78, 5) is 12.9. The highest BCUT2D eigenvalue weighted by molar-refractivity contribution is 5.83. The van der Waals surface area contributed by atoms with Gasteiger partial charge in [0.05, 0.1) is 18.6 Å². The fourth-order valence-corrected chi connectivity index (χ4v) is 5.45. The topological polar surface area (TPSA) is 35.5 Å². The first-order valence-corrected chi connectivity index (χ1v) is 14.1. The van der Waals surface area contributed by atoms with E-state index in [9.17, 15) is 4.79 Å². The molecule has 0 fully saturated rings. The predicted octanol–water partition coefficient (Wildman–Crippen LogP) is 9.14. The van der Waals surface area contributed by atoms with Crippen LogP contribution in [-0.4, -0.2) is 19.2 Å². The molecule has 1 aliphatic carbocycles. The van der Waals surface area contributed by atoms with Gasteiger partial charge in [-0.3, -0.25) is 4.79 Å². The van der Waals surface area contributed by atoms with E-state index in [1.807, 2.05) is 13.8 Å². The van der Waals surface area contributed by atoms with Gasteiger partial charge in [-0.2, -0.15) is 0 Å². The van der Waals surface area contributed by atoms with Crippen LogP contribution < -0.4 is 4.74 Å². The average Bonchev–Trinajstić information content (AvgIpc) is 3.05. The van der Waals surface area contributed by atoms with E-state index in [0.717, 1.165) is 50.7 Å². The summed E-state index contributed by atoms with van der Waals surface area (Å²) < 4.78 is 12.0. The Kier molecular flexibility index (Phi) is 9.67. The monoisotopic (exact) mass is 504 g/mol. The van der Waals surface area contributed by atoms with Crippen LogP contribution in [0.5, 0.6) is 5.75 Å². The summed E-state index contributed by atoms with van der Waals surface area (Å²) >= 11 is 0. The van der Waals surface area contributed by atoms with Gasteiger partial charge in [0.2, 0.25) is 0 Å². The van der Waals surface area contributed by atoms with Crippen molar-refractivity contribution in [3.05, 3.63) is 65.2 Å². The van der Waals surface area contributed by atoms with Crippen molar-refractivity contribution < 1.29 is 14.3 Å². The first kappa shape index (κ1) is 29.0. The highest BCUT2D eigenvalue weighted by Gasteiger charge is 2.46. The predicted molar refractivity (Wildman–Crippen MR) is 156 cm³/mol. The van der Waals surface area contributed by atoms with Gasteiger partial charge in [0.15, 0.2) is 0 Å². The van der Waals surface area contributed by atoms with Crippen molar-refractivity contribution in [1.82, 2.24) is 0 Å². The normalized spacial score (nSPS) is 14.4. The van der Waals surface area contributed by atoms with E-state index < -0.39 is 5.41 Å². The third-order valence-corrected chi connectivity index (χ3v) is 7.97. The molecule has 2 aromatic carbocycles. The first-order chi connectivity index (χ1) is 17.4. The zero-order valence-electron chi connectivity index (χ0n) is 24.3. The number of carbonyl (C=O) groups is 1. The van der Waals surface area contributed by atoms with Crippen LogP contribution in [0.1, 0.15) is 104 Å². The summed E-state index contributed by atoms with van der Waals surface area (Å²) in [5.74, 6) is 0.922. The SMILES string of the molecule is CC(C)(C)CC(C)(C)C(C)(C)C(=O)OCCCCCOc1cccc2c1CCCC(c1ccccc1)=C2. The van der Waals surface area contributed by atoms with Crippen LogP contribution in [-0.2, 0) is 16.0 Å². The molecule has 0 amide bonds. The second kappa shape index (κ2) is 12.3. The van der Waals surface area contributed by atoms with Crippen molar-refractivity contribution in [3.63, 3.8) is 0 Å². The van der Waals surface area contributed by atoms with E-state index in [1.54, 1.807) is 0 Å². The molecule has 0 N–H and O–H groups in total. The number of hydrogen-bond donors (Lipinski definition) is 0. The largest absolute Gasteiger partial charge is 0.493 e. The quantitative estimate of drug-likeness (QED) is 0.226. The van der Waals surface area contributed by atoms with Gasteiger partial charge < -0.3 is 9.47 Å². The van der Waals surface area contributed by atoms with Crippen LogP contribution in [0.25, 0.3) is 11.6 Å². The maximum Gasteiger partial charge on any atom is 0.312 e. The minimum atomic E-state index is -0.524. The van der Waals surface area contributed by atoms with Crippen LogP contribution in [0.15, 0.2) is 48.5 Å². The van der Waals surface area contributed by atoms with Crippen LogP contribution in [0, 0.1) is 16.2 Å². The Morgan fingerprint density at radius 2 is 1.51 bits per heavy atom. The van der Waals surface area contributed by atoms with Crippen LogP contribution in [0.2, 0.25) is 0 Å². The summed E-state index contributed by atoms with van der Waals surface area (Å²) in [7, 11) is 0. The molecule has 3 nitrogen and oxygen atoms in total. The lowest BCUT2D eigenvalue weighted by Gasteiger charge is -2.43. The van der Waals surface area contributed by atoms with E-state index in [-0.39, 0.29) is 16.8 Å². The molecule has 0 radical (unpaired) electrons. The molecule has 0 aromatic heterocycles. The minimum Gasteiger partial charge on any atom is -0.493 e. The molecule has 3 heteroatoms. The fourth-order valence-electron chi connectivity index (χ4n) is 5.45. The molecule has 0 saturated heterocycles. The number of esters is 1. The van der Waals surface area contributed by atoms with Crippen molar-refractivity contribution in [2.45, 2.75) is 93.4 Å². The number of rotatable bonds is 11. The molecule has 0 saturated carbocycles. The number of benzene rings is 2. The molecule has 0 bridgehead atoms. The molecule has 3 rings (SSSR count). The van der Waals surface area contributed by atoms with Crippen molar-refractivity contribution in [2.75, 3.05) is 13.2 Å². The molecule has 0 atom stereocenters. The second-order valence-electron chi connectivity index (χ2n) is 13.0. The molecule has 0 spiro atoms. The van der Waals surface area contributed by atoms with E-state index in [1.165, 1.54) is 22.3 Å². The summed E-state index contributed by atoms with van der Waals surface area (Å²) in [5.41, 5.74) is 4.81. The number of carbonyl (C=O) groups excluding carboxylic acids is 1. The Balaban J connectivity index is 1.45. The van der Waals surface area contributed by atoms with Gasteiger partial charge in [0.25, 0.3) is 0 Å². The molecular formula is C34H48O3. The van der Waals surface area contributed by atoms with Crippen molar-refractivity contribution in [2.24, 2.45) is 16.2 Å². The summed E-state index contributed by atoms with van der Waals surface area (Å²) in [6.07, 6.45) is 9.34. The minimum absolute atomic E-state index is 0.0899. The van der Waals surface area contributed by atoms with E-state index in [0.29, 0.717) is 13.2 Å². The molecule has 2 aromatic rings. The van der Waals surface area contributed by atoms with Gasteiger partial charge in [0, 0.05) is 5.56 Å². The number of hydrogen-bond acceptors (Lipinski definition) is 3.